The molecule has 0 unspecified atom stereocenters. The van der Waals surface area contributed by atoms with Crippen molar-refractivity contribution in [2.45, 2.75) is 31.8 Å². The molecule has 1 aromatic heterocycles. The van der Waals surface area contributed by atoms with Crippen LogP contribution in [-0.4, -0.2) is 30.6 Å². The van der Waals surface area contributed by atoms with Gasteiger partial charge in [0.1, 0.15) is 0 Å². The molecule has 4 heteroatoms. The van der Waals surface area contributed by atoms with Gasteiger partial charge in [0.2, 0.25) is 0 Å². The smallest absolute Gasteiger partial charge is 0.165 e. The van der Waals surface area contributed by atoms with Crippen LogP contribution >= 0.6 is 0 Å². The van der Waals surface area contributed by atoms with E-state index in [1.165, 1.54) is 30.4 Å². The van der Waals surface area contributed by atoms with E-state index in [1.54, 1.807) is 14.2 Å². The van der Waals surface area contributed by atoms with Crippen molar-refractivity contribution in [1.82, 2.24) is 9.88 Å². The monoisotopic (exact) mass is 312 g/mol. The summed E-state index contributed by atoms with van der Waals surface area (Å²) < 4.78 is 11.0. The van der Waals surface area contributed by atoms with Crippen LogP contribution < -0.4 is 9.47 Å². The van der Waals surface area contributed by atoms with Gasteiger partial charge in [-0.15, -0.1) is 0 Å². The van der Waals surface area contributed by atoms with Gasteiger partial charge in [-0.05, 0) is 37.1 Å². The minimum Gasteiger partial charge on any atom is -0.493 e. The second kappa shape index (κ2) is 7.47. The van der Waals surface area contributed by atoms with Crippen LogP contribution in [0.3, 0.4) is 0 Å². The summed E-state index contributed by atoms with van der Waals surface area (Å²) in [7, 11) is 3.39. The molecule has 122 valence electrons. The summed E-state index contributed by atoms with van der Waals surface area (Å²) in [6, 6.07) is 10.7. The van der Waals surface area contributed by atoms with E-state index in [1.807, 2.05) is 30.6 Å². The fraction of sp³-hybridized carbons (Fsp3) is 0.421. The van der Waals surface area contributed by atoms with Crippen molar-refractivity contribution in [3.05, 3.63) is 53.9 Å². The fourth-order valence-electron chi connectivity index (χ4n) is 3.43. The van der Waals surface area contributed by atoms with E-state index in [-0.39, 0.29) is 0 Å². The number of para-hydroxylation sites is 1. The second-order valence-electron chi connectivity index (χ2n) is 5.92. The summed E-state index contributed by atoms with van der Waals surface area (Å²) in [6.45, 7) is 1.96. The topological polar surface area (TPSA) is 34.6 Å². The van der Waals surface area contributed by atoms with Crippen LogP contribution in [0.25, 0.3) is 0 Å². The molecule has 2 aromatic rings. The number of hydrogen-bond acceptors (Lipinski definition) is 4. The number of benzene rings is 1. The normalized spacial score (nSPS) is 18.6. The molecule has 0 aliphatic carbocycles. The molecule has 0 spiro atoms. The SMILES string of the molecule is COc1cccc(CN2CCCC[C@@H]2c2cccnc2)c1OC. The highest BCUT2D eigenvalue weighted by atomic mass is 16.5. The molecular weight excluding hydrogens is 288 g/mol. The van der Waals surface area contributed by atoms with Crippen LogP contribution in [0.15, 0.2) is 42.7 Å². The maximum atomic E-state index is 5.59. The van der Waals surface area contributed by atoms with Crippen LogP contribution in [0, 0.1) is 0 Å². The Morgan fingerprint density at radius 1 is 1.13 bits per heavy atom. The number of ether oxygens (including phenoxy) is 2. The Morgan fingerprint density at radius 2 is 2.04 bits per heavy atom. The van der Waals surface area contributed by atoms with Crippen molar-refractivity contribution in [2.24, 2.45) is 0 Å². The number of hydrogen-bond donors (Lipinski definition) is 0. The molecule has 0 bridgehead atoms. The van der Waals surface area contributed by atoms with Crippen molar-refractivity contribution in [3.63, 3.8) is 0 Å². The first-order valence-corrected chi connectivity index (χ1v) is 8.17. The third-order valence-electron chi connectivity index (χ3n) is 4.54. The lowest BCUT2D eigenvalue weighted by Crippen LogP contribution is -2.33. The molecule has 1 aliphatic rings. The number of likely N-dealkylation sites (tertiary alicyclic amines) is 1. The summed E-state index contributed by atoms with van der Waals surface area (Å²) in [5.41, 5.74) is 2.47. The van der Waals surface area contributed by atoms with Crippen molar-refractivity contribution in [3.8, 4) is 11.5 Å². The van der Waals surface area contributed by atoms with Crippen molar-refractivity contribution >= 4 is 0 Å². The lowest BCUT2D eigenvalue weighted by atomic mass is 9.95. The van der Waals surface area contributed by atoms with Gasteiger partial charge < -0.3 is 9.47 Å². The summed E-state index contributed by atoms with van der Waals surface area (Å²) in [6.07, 6.45) is 7.51. The largest absolute Gasteiger partial charge is 0.493 e. The fourth-order valence-corrected chi connectivity index (χ4v) is 3.43. The number of pyridine rings is 1. The van der Waals surface area contributed by atoms with Crippen LogP contribution in [0.5, 0.6) is 11.5 Å². The molecule has 0 radical (unpaired) electrons. The van der Waals surface area contributed by atoms with E-state index in [2.05, 4.69) is 22.0 Å². The molecule has 4 nitrogen and oxygen atoms in total. The van der Waals surface area contributed by atoms with Crippen molar-refractivity contribution < 1.29 is 9.47 Å². The number of rotatable bonds is 5. The molecule has 1 fully saturated rings. The quantitative estimate of drug-likeness (QED) is 0.840. The molecular formula is C19H24N2O2. The second-order valence-corrected chi connectivity index (χ2v) is 5.92. The first-order chi connectivity index (χ1) is 11.3. The molecule has 1 aliphatic heterocycles. The van der Waals surface area contributed by atoms with E-state index in [0.29, 0.717) is 6.04 Å². The average molecular weight is 312 g/mol. The number of piperidine rings is 1. The van der Waals surface area contributed by atoms with Crippen LogP contribution in [-0.2, 0) is 6.54 Å². The van der Waals surface area contributed by atoms with E-state index in [4.69, 9.17) is 9.47 Å². The van der Waals surface area contributed by atoms with Crippen molar-refractivity contribution in [1.29, 1.82) is 0 Å². The highest BCUT2D eigenvalue weighted by Crippen LogP contribution is 2.36. The molecule has 2 heterocycles. The molecule has 0 amide bonds. The molecule has 3 rings (SSSR count). The minimum atomic E-state index is 0.424. The first-order valence-electron chi connectivity index (χ1n) is 8.17. The number of nitrogens with zero attached hydrogens (tertiary/aromatic N) is 2. The van der Waals surface area contributed by atoms with Gasteiger partial charge in [0.05, 0.1) is 14.2 Å². The molecule has 23 heavy (non-hydrogen) atoms. The maximum absolute atomic E-state index is 5.59. The standard InChI is InChI=1S/C19H24N2O2/c1-22-18-10-5-7-16(19(18)23-2)14-21-12-4-3-9-17(21)15-8-6-11-20-13-15/h5-8,10-11,13,17H,3-4,9,12,14H2,1-2H3/t17-/m1/s1. The van der Waals surface area contributed by atoms with Gasteiger partial charge >= 0.3 is 0 Å². The summed E-state index contributed by atoms with van der Waals surface area (Å²) in [5, 5.41) is 0. The lowest BCUT2D eigenvalue weighted by Gasteiger charge is -2.36. The average Bonchev–Trinajstić information content (AvgIpc) is 2.62. The zero-order valence-electron chi connectivity index (χ0n) is 13.9. The Kier molecular flexibility index (Phi) is 5.13. The molecule has 0 N–H and O–H groups in total. The van der Waals surface area contributed by atoms with Gasteiger partial charge in [-0.3, -0.25) is 9.88 Å². The van der Waals surface area contributed by atoms with Gasteiger partial charge in [0.25, 0.3) is 0 Å². The predicted octanol–water partition coefficient (Wildman–Crippen LogP) is 3.83. The van der Waals surface area contributed by atoms with E-state index in [9.17, 15) is 0 Å². The maximum Gasteiger partial charge on any atom is 0.165 e. The van der Waals surface area contributed by atoms with Crippen LogP contribution in [0.2, 0.25) is 0 Å². The van der Waals surface area contributed by atoms with E-state index < -0.39 is 0 Å². The van der Waals surface area contributed by atoms with Gasteiger partial charge in [-0.1, -0.05) is 24.6 Å². The lowest BCUT2D eigenvalue weighted by molar-refractivity contribution is 0.138. The Morgan fingerprint density at radius 3 is 2.78 bits per heavy atom. The Balaban J connectivity index is 1.85. The molecule has 1 aromatic carbocycles. The third kappa shape index (κ3) is 3.48. The van der Waals surface area contributed by atoms with Crippen molar-refractivity contribution in [2.75, 3.05) is 20.8 Å². The molecule has 1 saturated heterocycles. The number of methoxy groups -OCH3 is 2. The van der Waals surface area contributed by atoms with Crippen LogP contribution in [0.1, 0.15) is 36.4 Å². The summed E-state index contributed by atoms with van der Waals surface area (Å²) in [4.78, 5) is 6.82. The van der Waals surface area contributed by atoms with Gasteiger partial charge in [-0.2, -0.15) is 0 Å². The minimum absolute atomic E-state index is 0.424. The molecule has 0 saturated carbocycles. The summed E-state index contributed by atoms with van der Waals surface area (Å²) >= 11 is 0. The van der Waals surface area contributed by atoms with E-state index in [0.717, 1.165) is 24.6 Å². The van der Waals surface area contributed by atoms with Gasteiger partial charge in [0.15, 0.2) is 11.5 Å². The first kappa shape index (κ1) is 15.8. The highest BCUT2D eigenvalue weighted by Gasteiger charge is 2.25. The Bertz CT molecular complexity index is 631. The zero-order valence-corrected chi connectivity index (χ0v) is 13.9. The third-order valence-corrected chi connectivity index (χ3v) is 4.54. The highest BCUT2D eigenvalue weighted by molar-refractivity contribution is 5.46. The Labute approximate surface area is 138 Å². The summed E-state index contributed by atoms with van der Waals surface area (Å²) in [5.74, 6) is 1.63. The van der Waals surface area contributed by atoms with Crippen LogP contribution in [0.4, 0.5) is 0 Å². The van der Waals surface area contributed by atoms with E-state index >= 15 is 0 Å². The zero-order chi connectivity index (χ0) is 16.1. The van der Waals surface area contributed by atoms with Gasteiger partial charge in [-0.25, -0.2) is 0 Å². The van der Waals surface area contributed by atoms with Gasteiger partial charge in [0, 0.05) is 30.5 Å². The molecule has 1 atom stereocenters. The number of aromatic nitrogens is 1. The Hall–Kier alpha value is -2.07. The predicted molar refractivity (Wildman–Crippen MR) is 90.8 cm³/mol.